The fourth-order valence-corrected chi connectivity index (χ4v) is 4.97. The van der Waals surface area contributed by atoms with Crippen LogP contribution in [0.1, 0.15) is 17.8 Å². The normalized spacial score (nSPS) is 11.3. The van der Waals surface area contributed by atoms with Gasteiger partial charge in [-0.3, -0.25) is 0 Å². The minimum atomic E-state index is -0.319. The van der Waals surface area contributed by atoms with Crippen molar-refractivity contribution in [2.75, 3.05) is 6.54 Å². The van der Waals surface area contributed by atoms with Gasteiger partial charge in [0, 0.05) is 37.6 Å². The molecule has 0 bridgehead atoms. The lowest BCUT2D eigenvalue weighted by Gasteiger charge is -2.05. The highest BCUT2D eigenvalue weighted by Gasteiger charge is 2.23. The van der Waals surface area contributed by atoms with E-state index >= 15 is 0 Å². The molecular formula is C23H19N5OS. The molecule has 0 fully saturated rings. The van der Waals surface area contributed by atoms with E-state index in [1.807, 2.05) is 53.9 Å². The Labute approximate surface area is 176 Å². The molecule has 0 aliphatic carbocycles. The monoisotopic (exact) mass is 413 g/mol. The Balaban J connectivity index is 1.80. The van der Waals surface area contributed by atoms with Crippen LogP contribution in [0.3, 0.4) is 0 Å². The van der Waals surface area contributed by atoms with E-state index in [1.54, 1.807) is 11.3 Å². The summed E-state index contributed by atoms with van der Waals surface area (Å²) < 4.78 is 2.56. The van der Waals surface area contributed by atoms with Gasteiger partial charge in [-0.25, -0.2) is 9.36 Å². The minimum absolute atomic E-state index is 0.308. The molecule has 3 aromatic heterocycles. The smallest absolute Gasteiger partial charge is 0.331 e. The first-order chi connectivity index (χ1) is 14.7. The Morgan fingerprint density at radius 2 is 1.83 bits per heavy atom. The number of fused-ring (bicyclic) bond motifs is 2. The number of rotatable bonds is 5. The topological polar surface area (TPSA) is 103 Å². The first-order valence-electron chi connectivity index (χ1n) is 9.74. The number of H-pyrrole nitrogens is 2. The average Bonchev–Trinajstić information content (AvgIpc) is 3.44. The predicted molar refractivity (Wildman–Crippen MR) is 121 cm³/mol. The summed E-state index contributed by atoms with van der Waals surface area (Å²) in [6.07, 6.45) is 1.54. The third-order valence-corrected chi connectivity index (χ3v) is 6.32. The van der Waals surface area contributed by atoms with Crippen molar-refractivity contribution in [2.24, 2.45) is 5.73 Å². The van der Waals surface area contributed by atoms with Gasteiger partial charge in [0.05, 0.1) is 11.4 Å². The maximum absolute atomic E-state index is 13.0. The van der Waals surface area contributed by atoms with Gasteiger partial charge >= 0.3 is 5.69 Å². The average molecular weight is 414 g/mol. The van der Waals surface area contributed by atoms with Crippen LogP contribution in [-0.2, 0) is 6.42 Å². The predicted octanol–water partition coefficient (Wildman–Crippen LogP) is 4.29. The second kappa shape index (κ2) is 7.34. The highest BCUT2D eigenvalue weighted by atomic mass is 32.1. The van der Waals surface area contributed by atoms with Crippen molar-refractivity contribution in [3.63, 3.8) is 0 Å². The second-order valence-corrected chi connectivity index (χ2v) is 8.05. The van der Waals surface area contributed by atoms with Gasteiger partial charge < -0.3 is 15.7 Å². The molecule has 0 spiro atoms. The number of aromatic nitrogens is 3. The fraction of sp³-hybridized carbons (Fsp3) is 0.130. The number of imidazole rings is 1. The van der Waals surface area contributed by atoms with Crippen molar-refractivity contribution in [1.29, 1.82) is 5.26 Å². The third kappa shape index (κ3) is 2.77. The van der Waals surface area contributed by atoms with Crippen LogP contribution >= 0.6 is 11.3 Å². The molecule has 2 aromatic carbocycles. The zero-order valence-electron chi connectivity index (χ0n) is 16.1. The molecule has 0 amide bonds. The number of thiophene rings is 1. The Kier molecular flexibility index (Phi) is 4.51. The zero-order chi connectivity index (χ0) is 20.7. The van der Waals surface area contributed by atoms with Gasteiger partial charge in [-0.2, -0.15) is 5.26 Å². The second-order valence-electron chi connectivity index (χ2n) is 7.13. The molecule has 4 N–H and O–H groups in total. The molecule has 6 nitrogen and oxygen atoms in total. The molecule has 0 saturated carbocycles. The van der Waals surface area contributed by atoms with Crippen molar-refractivity contribution in [3.05, 3.63) is 75.8 Å². The first kappa shape index (κ1) is 18.4. The van der Waals surface area contributed by atoms with E-state index in [9.17, 15) is 10.1 Å². The van der Waals surface area contributed by atoms with Crippen molar-refractivity contribution >= 4 is 32.3 Å². The standard InChI is InChI=1S/C23H19N5OS/c24-11-5-9-17-21(14-6-1-3-8-16(14)26-17)22-18(12-25)28(23(29)27-22)19-13-30-20-10-4-2-7-15(19)20/h1-4,6-8,10,13,26H,5,9,11,24H2,(H,27,29). The lowest BCUT2D eigenvalue weighted by atomic mass is 10.0. The van der Waals surface area contributed by atoms with Crippen LogP contribution in [-0.4, -0.2) is 21.1 Å². The van der Waals surface area contributed by atoms with E-state index in [1.165, 1.54) is 4.57 Å². The Morgan fingerprint density at radius 3 is 2.63 bits per heavy atom. The molecule has 5 aromatic rings. The summed E-state index contributed by atoms with van der Waals surface area (Å²) in [6.45, 7) is 0.568. The van der Waals surface area contributed by atoms with Crippen LogP contribution < -0.4 is 11.4 Å². The maximum Gasteiger partial charge on any atom is 0.331 e. The SMILES string of the molecule is N#Cc1c(-c2c(CCCN)[nH]c3ccccc23)[nH]c(=O)n1-c1csc2ccccc12. The summed E-state index contributed by atoms with van der Waals surface area (Å²) in [4.78, 5) is 19.5. The van der Waals surface area contributed by atoms with Gasteiger partial charge in [0.15, 0.2) is 5.69 Å². The molecule has 0 aliphatic rings. The molecular weight excluding hydrogens is 394 g/mol. The summed E-state index contributed by atoms with van der Waals surface area (Å²) in [5, 5.41) is 13.9. The maximum atomic E-state index is 13.0. The van der Waals surface area contributed by atoms with E-state index in [2.05, 4.69) is 16.0 Å². The van der Waals surface area contributed by atoms with Crippen LogP contribution in [0, 0.1) is 11.3 Å². The van der Waals surface area contributed by atoms with E-state index < -0.39 is 0 Å². The van der Waals surface area contributed by atoms with Crippen LogP contribution in [0.5, 0.6) is 0 Å². The molecule has 148 valence electrons. The molecule has 30 heavy (non-hydrogen) atoms. The van der Waals surface area contributed by atoms with Crippen molar-refractivity contribution < 1.29 is 0 Å². The van der Waals surface area contributed by atoms with E-state index in [0.717, 1.165) is 50.8 Å². The number of nitrogens with two attached hydrogens (primary N) is 1. The summed E-state index contributed by atoms with van der Waals surface area (Å²) in [5.41, 5.74) is 9.80. The minimum Gasteiger partial charge on any atom is -0.358 e. The molecule has 5 rings (SSSR count). The Hall–Kier alpha value is -3.60. The highest BCUT2D eigenvalue weighted by Crippen LogP contribution is 2.35. The largest absolute Gasteiger partial charge is 0.358 e. The summed E-state index contributed by atoms with van der Waals surface area (Å²) >= 11 is 1.56. The van der Waals surface area contributed by atoms with Crippen LogP contribution in [0.15, 0.2) is 58.7 Å². The number of aromatic amines is 2. The molecule has 7 heteroatoms. The van der Waals surface area contributed by atoms with Crippen molar-refractivity contribution in [2.45, 2.75) is 12.8 Å². The molecule has 0 aliphatic heterocycles. The number of hydrogen-bond donors (Lipinski definition) is 3. The lowest BCUT2D eigenvalue weighted by molar-refractivity contribution is 0.818. The Bertz CT molecular complexity index is 1480. The molecule has 0 saturated heterocycles. The molecule has 0 radical (unpaired) electrons. The van der Waals surface area contributed by atoms with Gasteiger partial charge in [-0.15, -0.1) is 11.3 Å². The van der Waals surface area contributed by atoms with Gasteiger partial charge in [-0.1, -0.05) is 36.4 Å². The van der Waals surface area contributed by atoms with Crippen molar-refractivity contribution in [3.8, 4) is 23.0 Å². The number of para-hydroxylation sites is 1. The van der Waals surface area contributed by atoms with Crippen LogP contribution in [0.4, 0.5) is 0 Å². The van der Waals surface area contributed by atoms with Crippen molar-refractivity contribution in [1.82, 2.24) is 14.5 Å². The molecule has 0 unspecified atom stereocenters. The van der Waals surface area contributed by atoms with E-state index in [-0.39, 0.29) is 5.69 Å². The number of benzene rings is 2. The van der Waals surface area contributed by atoms with Gasteiger partial charge in [0.1, 0.15) is 6.07 Å². The number of nitriles is 1. The fourth-order valence-electron chi connectivity index (χ4n) is 4.04. The highest BCUT2D eigenvalue weighted by molar-refractivity contribution is 7.17. The molecule has 3 heterocycles. The third-order valence-electron chi connectivity index (χ3n) is 5.37. The number of hydrogen-bond acceptors (Lipinski definition) is 4. The van der Waals surface area contributed by atoms with Gasteiger partial charge in [-0.05, 0) is 31.5 Å². The van der Waals surface area contributed by atoms with E-state index in [0.29, 0.717) is 17.9 Å². The summed E-state index contributed by atoms with van der Waals surface area (Å²) in [7, 11) is 0. The summed E-state index contributed by atoms with van der Waals surface area (Å²) in [6, 6.07) is 18.1. The summed E-state index contributed by atoms with van der Waals surface area (Å²) in [5.74, 6) is 0. The van der Waals surface area contributed by atoms with Gasteiger partial charge in [0.2, 0.25) is 0 Å². The first-order valence-corrected chi connectivity index (χ1v) is 10.6. The van der Waals surface area contributed by atoms with Crippen LogP contribution in [0.2, 0.25) is 0 Å². The molecule has 0 atom stereocenters. The quantitative estimate of drug-likeness (QED) is 0.400. The van der Waals surface area contributed by atoms with E-state index in [4.69, 9.17) is 5.73 Å². The lowest BCUT2D eigenvalue weighted by Crippen LogP contribution is -2.15. The number of nitrogens with zero attached hydrogens (tertiary/aromatic N) is 2. The van der Waals surface area contributed by atoms with Crippen LogP contribution in [0.25, 0.3) is 37.9 Å². The zero-order valence-corrected chi connectivity index (χ0v) is 16.9. The number of aryl methyl sites for hydroxylation is 1. The number of nitrogens with one attached hydrogen (secondary N) is 2. The Morgan fingerprint density at radius 1 is 1.07 bits per heavy atom. The van der Waals surface area contributed by atoms with Gasteiger partial charge in [0.25, 0.3) is 0 Å².